The van der Waals surface area contributed by atoms with Gasteiger partial charge in [0.25, 0.3) is 0 Å². The van der Waals surface area contributed by atoms with Crippen molar-refractivity contribution >= 4 is 20.8 Å². The summed E-state index contributed by atoms with van der Waals surface area (Å²) in [5.74, 6) is 0. The van der Waals surface area contributed by atoms with Crippen LogP contribution in [0.25, 0.3) is 0 Å². The van der Waals surface area contributed by atoms with Crippen molar-refractivity contribution in [3.8, 4) is 0 Å². The van der Waals surface area contributed by atoms with Gasteiger partial charge >= 0.3 is 69.5 Å². The minimum atomic E-state index is -5.46. The van der Waals surface area contributed by atoms with Crippen molar-refractivity contribution < 1.29 is 104 Å². The van der Waals surface area contributed by atoms with Crippen molar-refractivity contribution in [2.45, 2.75) is 0 Å². The molecule has 0 aliphatic heterocycles. The van der Waals surface area contributed by atoms with Gasteiger partial charge in [-0.15, -0.1) is 3.63 Å². The van der Waals surface area contributed by atoms with Crippen molar-refractivity contribution in [2.24, 2.45) is 0 Å². The maximum atomic E-state index is 9.68. The van der Waals surface area contributed by atoms with E-state index in [4.69, 9.17) is 15.8 Å². The average molecular weight is 272 g/mol. The summed E-state index contributed by atoms with van der Waals surface area (Å²) in [4.78, 5) is 0. The Hall–Kier alpha value is 1.66. The van der Waals surface area contributed by atoms with E-state index in [1.165, 1.54) is 0 Å². The van der Waals surface area contributed by atoms with Gasteiger partial charge in [0, 0.05) is 0 Å². The van der Waals surface area contributed by atoms with Crippen molar-refractivity contribution in [3.63, 3.8) is 0 Å². The van der Waals surface area contributed by atoms with E-state index in [1.54, 1.807) is 0 Å². The maximum Gasteiger partial charge on any atom is 1.00 e. The van der Waals surface area contributed by atoms with E-state index in [9.17, 15) is 21.4 Å². The van der Waals surface area contributed by atoms with Gasteiger partial charge in [0.05, 0.1) is 0 Å². The molecule has 0 aromatic carbocycles. The molecule has 0 spiro atoms. The molecule has 0 rings (SSSR count). The Kier molecular flexibility index (Phi) is 19.7. The molecule has 0 saturated heterocycles. The van der Waals surface area contributed by atoms with Crippen LogP contribution in [0.1, 0.15) is 0 Å². The quantitative estimate of drug-likeness (QED) is 0.165. The van der Waals surface area contributed by atoms with Crippen LogP contribution in [0, 0.1) is 0 Å². The first-order chi connectivity index (χ1) is 5.27. The third-order valence-electron chi connectivity index (χ3n) is 0.250. The van der Waals surface area contributed by atoms with Crippen molar-refractivity contribution in [1.29, 1.82) is 0 Å². The Morgan fingerprint density at radius 1 is 1.00 bits per heavy atom. The molecule has 0 atom stereocenters. The van der Waals surface area contributed by atoms with Crippen LogP contribution >= 0.6 is 0 Å². The van der Waals surface area contributed by atoms with Crippen molar-refractivity contribution in [3.05, 3.63) is 0 Å². The smallest absolute Gasteiger partial charge is 0.725 e. The van der Waals surface area contributed by atoms with E-state index in [0.29, 0.717) is 0 Å². The molecule has 0 radical (unpaired) electrons. The number of hydrogen-bond donors (Lipinski definition) is 2. The fourth-order valence-corrected chi connectivity index (χ4v) is 1.02. The Morgan fingerprint density at radius 2 is 1.29 bits per heavy atom. The van der Waals surface area contributed by atoms with Crippen LogP contribution < -0.4 is 64.4 Å². The van der Waals surface area contributed by atoms with Crippen LogP contribution in [0.15, 0.2) is 0 Å². The van der Waals surface area contributed by atoms with Gasteiger partial charge < -0.3 is 14.1 Å². The molecule has 2 N–H and O–H groups in total. The summed E-state index contributed by atoms with van der Waals surface area (Å²) in [5.41, 5.74) is 0. The van der Waals surface area contributed by atoms with E-state index in [2.05, 4.69) is 7.96 Å². The standard InChI is InChI=1S/2Na.H2O8S2.H2O2/c;;1-7-10(5,6)8-9(2,3)4;1-2/h;;1H,(H,2,3,4);1-2H/q2*+1;;/p-2. The zero-order valence-corrected chi connectivity index (χ0v) is 12.6. The van der Waals surface area contributed by atoms with E-state index in [1.807, 2.05) is 0 Å². The van der Waals surface area contributed by atoms with Gasteiger partial charge in [-0.3, -0.25) is 10.5 Å². The monoisotopic (exact) mass is 272 g/mol. The molecule has 14 heavy (non-hydrogen) atoms. The Morgan fingerprint density at radius 3 is 1.36 bits per heavy atom. The normalized spacial score (nSPS) is 10.0. The second-order valence-electron chi connectivity index (χ2n) is 0.953. The molecular formula is H2Na2O10S2. The molecule has 0 saturated carbocycles. The van der Waals surface area contributed by atoms with Gasteiger partial charge in [0.2, 0.25) is 10.4 Å². The SMILES string of the molecule is O=S(=O)([O-])OS(=O)(=O)O[O-].OO.[Na+].[Na+]. The minimum absolute atomic E-state index is 0. The summed E-state index contributed by atoms with van der Waals surface area (Å²) in [6.45, 7) is 0. The number of hydrogen-bond acceptors (Lipinski definition) is 10. The Balaban J connectivity index is -0.000000117. The van der Waals surface area contributed by atoms with Gasteiger partial charge in [-0.1, -0.05) is 0 Å². The molecular weight excluding hydrogens is 270 g/mol. The van der Waals surface area contributed by atoms with Crippen LogP contribution in [0.3, 0.4) is 0 Å². The van der Waals surface area contributed by atoms with Crippen LogP contribution in [0.2, 0.25) is 0 Å². The van der Waals surface area contributed by atoms with E-state index in [0.717, 1.165) is 0 Å². The fourth-order valence-electron chi connectivity index (χ4n) is 0.113. The van der Waals surface area contributed by atoms with Crippen LogP contribution in [0.4, 0.5) is 0 Å². The molecule has 76 valence electrons. The molecule has 0 fully saturated rings. The van der Waals surface area contributed by atoms with E-state index < -0.39 is 20.8 Å². The minimum Gasteiger partial charge on any atom is -0.725 e. The van der Waals surface area contributed by atoms with Crippen LogP contribution in [-0.2, 0) is 28.8 Å². The van der Waals surface area contributed by atoms with Crippen LogP contribution in [0.5, 0.6) is 0 Å². The predicted molar refractivity (Wildman–Crippen MR) is 26.0 cm³/mol. The maximum absolute atomic E-state index is 9.68. The average Bonchev–Trinajstić information content (AvgIpc) is 1.88. The van der Waals surface area contributed by atoms with E-state index >= 15 is 0 Å². The summed E-state index contributed by atoms with van der Waals surface area (Å²) in [7, 11) is -10.7. The number of rotatable bonds is 3. The Bertz CT molecular complexity index is 284. The summed E-state index contributed by atoms with van der Waals surface area (Å²) in [6, 6.07) is 0. The molecule has 0 aromatic heterocycles. The zero-order chi connectivity index (χ0) is 10.4. The third-order valence-corrected chi connectivity index (χ3v) is 1.75. The molecule has 0 aliphatic carbocycles. The largest absolute Gasteiger partial charge is 1.00 e. The van der Waals surface area contributed by atoms with Gasteiger partial charge in [-0.05, 0) is 0 Å². The summed E-state index contributed by atoms with van der Waals surface area (Å²) in [5, 5.41) is 21.0. The van der Waals surface area contributed by atoms with Gasteiger partial charge in [-0.2, -0.15) is 8.42 Å². The van der Waals surface area contributed by atoms with Crippen LogP contribution in [-0.4, -0.2) is 31.9 Å². The van der Waals surface area contributed by atoms with Gasteiger partial charge in [-0.25, -0.2) is 8.42 Å². The zero-order valence-electron chi connectivity index (χ0n) is 6.98. The van der Waals surface area contributed by atoms with Crippen molar-refractivity contribution in [2.75, 3.05) is 0 Å². The molecule has 0 amide bonds. The molecule has 0 unspecified atom stereocenters. The molecule has 0 aliphatic rings. The van der Waals surface area contributed by atoms with Gasteiger partial charge in [0.1, 0.15) is 0 Å². The first-order valence-electron chi connectivity index (χ1n) is 1.70. The molecule has 10 nitrogen and oxygen atoms in total. The van der Waals surface area contributed by atoms with E-state index in [-0.39, 0.29) is 59.1 Å². The first-order valence-corrected chi connectivity index (χ1v) is 4.37. The summed E-state index contributed by atoms with van der Waals surface area (Å²) >= 11 is 0. The summed E-state index contributed by atoms with van der Waals surface area (Å²) < 4.78 is 52.5. The molecule has 14 heteroatoms. The van der Waals surface area contributed by atoms with Crippen molar-refractivity contribution in [1.82, 2.24) is 0 Å². The first kappa shape index (κ1) is 24.8. The second kappa shape index (κ2) is 11.2. The van der Waals surface area contributed by atoms with Gasteiger partial charge in [0.15, 0.2) is 0 Å². The summed E-state index contributed by atoms with van der Waals surface area (Å²) in [6.07, 6.45) is 0. The molecule has 0 aromatic rings. The fraction of sp³-hybridized carbons (Fsp3) is 0. The topological polar surface area (TPSA) is 173 Å². The predicted octanol–water partition coefficient (Wildman–Crippen LogP) is -8.97. The Labute approximate surface area is 124 Å². The molecule has 0 heterocycles. The second-order valence-corrected chi connectivity index (χ2v) is 3.27. The third kappa shape index (κ3) is 19.3. The molecule has 0 bridgehead atoms.